The van der Waals surface area contributed by atoms with E-state index in [1.807, 2.05) is 0 Å². The number of likely N-dealkylation sites (tertiary alicyclic amines) is 1. The zero-order valence-electron chi connectivity index (χ0n) is 11.5. The zero-order chi connectivity index (χ0) is 14.5. The van der Waals surface area contributed by atoms with Gasteiger partial charge in [0.05, 0.1) is 12.6 Å². The molecule has 2 aliphatic rings. The van der Waals surface area contributed by atoms with Gasteiger partial charge in [0.25, 0.3) is 0 Å². The second kappa shape index (κ2) is 7.01. The van der Waals surface area contributed by atoms with E-state index >= 15 is 0 Å². The van der Waals surface area contributed by atoms with Gasteiger partial charge in [-0.15, -0.1) is 0 Å². The van der Waals surface area contributed by atoms with Crippen LogP contribution in [0.15, 0.2) is 0 Å². The van der Waals surface area contributed by atoms with Gasteiger partial charge in [-0.1, -0.05) is 0 Å². The molecule has 114 valence electrons. The third kappa shape index (κ3) is 3.47. The fraction of sp³-hybridized carbons (Fsp3) is 0.846. The highest BCUT2D eigenvalue weighted by Gasteiger charge is 2.36. The van der Waals surface area contributed by atoms with Crippen LogP contribution in [0.2, 0.25) is 0 Å². The second-order valence-corrected chi connectivity index (χ2v) is 5.46. The van der Waals surface area contributed by atoms with Crippen LogP contribution in [0.1, 0.15) is 25.7 Å². The van der Waals surface area contributed by atoms with Gasteiger partial charge in [0.15, 0.2) is 0 Å². The lowest BCUT2D eigenvalue weighted by atomic mass is 10.0. The number of carboxylic acids is 1. The van der Waals surface area contributed by atoms with Crippen molar-refractivity contribution < 1.29 is 19.8 Å². The topological polar surface area (TPSA) is 102 Å². The van der Waals surface area contributed by atoms with E-state index in [2.05, 4.69) is 15.5 Å². The van der Waals surface area contributed by atoms with Gasteiger partial charge in [0.1, 0.15) is 6.04 Å². The number of nitrogens with one attached hydrogen (secondary N) is 2. The molecule has 0 aromatic rings. The Kier molecular flexibility index (Phi) is 5.33. The third-order valence-electron chi connectivity index (χ3n) is 4.17. The number of aliphatic hydroxyl groups is 1. The molecule has 2 aliphatic heterocycles. The maximum Gasteiger partial charge on any atom is 0.328 e. The monoisotopic (exact) mass is 285 g/mol. The standard InChI is InChI=1S/C13H23N3O4/c17-8-10(13(19)20)15-12(18)11-2-1-7-16(11)9-3-5-14-6-4-9/h9-11,14,17H,1-8H2,(H,15,18)(H,19,20). The van der Waals surface area contributed by atoms with E-state index in [0.717, 1.165) is 45.3 Å². The molecule has 0 aromatic heterocycles. The van der Waals surface area contributed by atoms with Crippen molar-refractivity contribution in [3.05, 3.63) is 0 Å². The van der Waals surface area contributed by atoms with Crippen LogP contribution in [0.5, 0.6) is 0 Å². The molecule has 7 nitrogen and oxygen atoms in total. The number of hydrogen-bond acceptors (Lipinski definition) is 5. The molecule has 2 unspecified atom stereocenters. The molecule has 7 heteroatoms. The summed E-state index contributed by atoms with van der Waals surface area (Å²) in [6, 6.07) is -1.07. The Morgan fingerprint density at radius 2 is 2.00 bits per heavy atom. The zero-order valence-corrected chi connectivity index (χ0v) is 11.5. The largest absolute Gasteiger partial charge is 0.480 e. The summed E-state index contributed by atoms with van der Waals surface area (Å²) in [6.07, 6.45) is 3.75. The van der Waals surface area contributed by atoms with Crippen LogP contribution < -0.4 is 10.6 Å². The molecule has 2 saturated heterocycles. The van der Waals surface area contributed by atoms with Crippen LogP contribution in [0.25, 0.3) is 0 Å². The first-order chi connectivity index (χ1) is 9.63. The van der Waals surface area contributed by atoms with Crippen LogP contribution in [0.3, 0.4) is 0 Å². The minimum atomic E-state index is -1.21. The van der Waals surface area contributed by atoms with Crippen molar-refractivity contribution in [3.63, 3.8) is 0 Å². The molecule has 2 fully saturated rings. The van der Waals surface area contributed by atoms with Gasteiger partial charge in [0.2, 0.25) is 5.91 Å². The molecule has 2 atom stereocenters. The van der Waals surface area contributed by atoms with Crippen LogP contribution in [0, 0.1) is 0 Å². The van der Waals surface area contributed by atoms with Crippen LogP contribution in [0.4, 0.5) is 0 Å². The van der Waals surface area contributed by atoms with Crippen molar-refractivity contribution in [1.82, 2.24) is 15.5 Å². The number of hydrogen-bond donors (Lipinski definition) is 4. The molecule has 2 heterocycles. The fourth-order valence-electron chi connectivity index (χ4n) is 3.10. The minimum absolute atomic E-state index is 0.258. The molecular weight excluding hydrogens is 262 g/mol. The Labute approximate surface area is 118 Å². The van der Waals surface area contributed by atoms with Crippen molar-refractivity contribution in [2.24, 2.45) is 0 Å². The first kappa shape index (κ1) is 15.2. The van der Waals surface area contributed by atoms with Crippen LogP contribution in [-0.2, 0) is 9.59 Å². The number of aliphatic hydroxyl groups excluding tert-OH is 1. The lowest BCUT2D eigenvalue weighted by molar-refractivity contribution is -0.143. The number of carboxylic acid groups (broad SMARTS) is 1. The molecular formula is C13H23N3O4. The molecule has 20 heavy (non-hydrogen) atoms. The molecule has 1 amide bonds. The number of nitrogens with zero attached hydrogens (tertiary/aromatic N) is 1. The first-order valence-corrected chi connectivity index (χ1v) is 7.24. The third-order valence-corrected chi connectivity index (χ3v) is 4.17. The van der Waals surface area contributed by atoms with E-state index in [1.54, 1.807) is 0 Å². The van der Waals surface area contributed by atoms with Gasteiger partial charge in [-0.05, 0) is 45.3 Å². The number of carbonyl (C=O) groups excluding carboxylic acids is 1. The lowest BCUT2D eigenvalue weighted by Gasteiger charge is -2.35. The maximum absolute atomic E-state index is 12.2. The lowest BCUT2D eigenvalue weighted by Crippen LogP contribution is -2.54. The summed E-state index contributed by atoms with van der Waals surface area (Å²) in [6.45, 7) is 2.23. The number of piperidine rings is 1. The van der Waals surface area contributed by atoms with E-state index in [0.29, 0.717) is 6.04 Å². The molecule has 2 rings (SSSR count). The summed E-state index contributed by atoms with van der Waals surface area (Å²) in [7, 11) is 0. The number of carbonyl (C=O) groups is 2. The van der Waals surface area contributed by atoms with Gasteiger partial charge in [0, 0.05) is 6.04 Å². The normalized spacial score (nSPS) is 26.4. The highest BCUT2D eigenvalue weighted by Crippen LogP contribution is 2.24. The minimum Gasteiger partial charge on any atom is -0.480 e. The molecule has 4 N–H and O–H groups in total. The summed E-state index contributed by atoms with van der Waals surface area (Å²) in [5, 5.41) is 23.6. The van der Waals surface area contributed by atoms with E-state index in [1.165, 1.54) is 0 Å². The molecule has 0 bridgehead atoms. The van der Waals surface area contributed by atoms with Gasteiger partial charge in [-0.2, -0.15) is 0 Å². The maximum atomic E-state index is 12.2. The predicted molar refractivity (Wildman–Crippen MR) is 72.3 cm³/mol. The van der Waals surface area contributed by atoms with E-state index < -0.39 is 18.6 Å². The number of aliphatic carboxylic acids is 1. The number of rotatable bonds is 5. The number of amides is 1. The van der Waals surface area contributed by atoms with Crippen LogP contribution in [-0.4, -0.2) is 71.4 Å². The molecule has 0 aliphatic carbocycles. The van der Waals surface area contributed by atoms with Crippen LogP contribution >= 0.6 is 0 Å². The Morgan fingerprint density at radius 1 is 1.30 bits per heavy atom. The summed E-state index contributed by atoms with van der Waals surface area (Å²) in [5.74, 6) is -1.48. The molecule has 0 saturated carbocycles. The summed E-state index contributed by atoms with van der Waals surface area (Å²) < 4.78 is 0. The van der Waals surface area contributed by atoms with Crippen molar-refractivity contribution in [1.29, 1.82) is 0 Å². The second-order valence-electron chi connectivity index (χ2n) is 5.46. The van der Waals surface area contributed by atoms with Crippen molar-refractivity contribution >= 4 is 11.9 Å². The summed E-state index contributed by atoms with van der Waals surface area (Å²) in [4.78, 5) is 25.3. The summed E-state index contributed by atoms with van der Waals surface area (Å²) >= 11 is 0. The van der Waals surface area contributed by atoms with Gasteiger partial charge >= 0.3 is 5.97 Å². The Balaban J connectivity index is 1.95. The quantitative estimate of drug-likeness (QED) is 0.504. The Morgan fingerprint density at radius 3 is 2.60 bits per heavy atom. The predicted octanol–water partition coefficient (Wildman–Crippen LogP) is -1.24. The van der Waals surface area contributed by atoms with Gasteiger partial charge < -0.3 is 20.8 Å². The Bertz CT molecular complexity index is 358. The van der Waals surface area contributed by atoms with E-state index in [4.69, 9.17) is 10.2 Å². The van der Waals surface area contributed by atoms with Crippen molar-refractivity contribution in [2.45, 2.75) is 43.8 Å². The smallest absolute Gasteiger partial charge is 0.328 e. The average molecular weight is 285 g/mol. The van der Waals surface area contributed by atoms with Gasteiger partial charge in [-0.25, -0.2) is 4.79 Å². The molecule has 0 spiro atoms. The molecule has 0 aromatic carbocycles. The summed E-state index contributed by atoms with van der Waals surface area (Å²) in [5.41, 5.74) is 0. The SMILES string of the molecule is O=C(O)C(CO)NC(=O)C1CCCN1C1CCNCC1. The van der Waals surface area contributed by atoms with E-state index in [-0.39, 0.29) is 11.9 Å². The highest BCUT2D eigenvalue weighted by atomic mass is 16.4. The first-order valence-electron chi connectivity index (χ1n) is 7.24. The molecule has 0 radical (unpaired) electrons. The van der Waals surface area contributed by atoms with Crippen molar-refractivity contribution in [2.75, 3.05) is 26.2 Å². The fourth-order valence-corrected chi connectivity index (χ4v) is 3.10. The van der Waals surface area contributed by atoms with Crippen molar-refractivity contribution in [3.8, 4) is 0 Å². The Hall–Kier alpha value is -1.18. The van der Waals surface area contributed by atoms with E-state index in [9.17, 15) is 9.59 Å². The van der Waals surface area contributed by atoms with Gasteiger partial charge in [-0.3, -0.25) is 9.69 Å². The average Bonchev–Trinajstić information content (AvgIpc) is 2.94. The highest BCUT2D eigenvalue weighted by molar-refractivity contribution is 5.87.